The summed E-state index contributed by atoms with van der Waals surface area (Å²) in [6.07, 6.45) is 1.48. The zero-order valence-electron chi connectivity index (χ0n) is 11.7. The Balaban J connectivity index is 1.55. The van der Waals surface area contributed by atoms with E-state index in [-0.39, 0.29) is 11.7 Å². The van der Waals surface area contributed by atoms with Crippen LogP contribution in [0.2, 0.25) is 5.02 Å². The molecule has 0 atom stereocenters. The smallest absolute Gasteiger partial charge is 0.236 e. The largest absolute Gasteiger partial charge is 0.310 e. The first-order valence-electron chi connectivity index (χ1n) is 6.53. The molecule has 0 fully saturated rings. The van der Waals surface area contributed by atoms with Crippen molar-refractivity contribution in [3.63, 3.8) is 0 Å². The van der Waals surface area contributed by atoms with Gasteiger partial charge in [-0.25, -0.2) is 9.67 Å². The zero-order chi connectivity index (χ0) is 16.1. The number of rotatable bonds is 6. The number of tetrazole rings is 1. The van der Waals surface area contributed by atoms with E-state index >= 15 is 0 Å². The Morgan fingerprint density at radius 3 is 3.04 bits per heavy atom. The quantitative estimate of drug-likeness (QED) is 0.675. The molecule has 3 aromatic rings. The van der Waals surface area contributed by atoms with Crippen LogP contribution in [0.25, 0.3) is 0 Å². The summed E-state index contributed by atoms with van der Waals surface area (Å²) < 4.78 is 1.67. The molecule has 0 aliphatic heterocycles. The molecule has 3 rings (SSSR count). The third kappa shape index (κ3) is 4.50. The van der Waals surface area contributed by atoms with Crippen LogP contribution in [0.1, 0.15) is 4.88 Å². The van der Waals surface area contributed by atoms with E-state index in [1.807, 2.05) is 17.5 Å². The summed E-state index contributed by atoms with van der Waals surface area (Å²) in [5, 5.41) is 17.4. The van der Waals surface area contributed by atoms with Gasteiger partial charge in [0.2, 0.25) is 11.1 Å². The summed E-state index contributed by atoms with van der Waals surface area (Å²) in [6.45, 7) is 0.591. The van der Waals surface area contributed by atoms with Gasteiger partial charge in [-0.3, -0.25) is 4.79 Å². The Bertz CT molecular complexity index is 774. The maximum absolute atomic E-state index is 11.9. The zero-order valence-corrected chi connectivity index (χ0v) is 14.1. The monoisotopic (exact) mass is 366 g/mol. The van der Waals surface area contributed by atoms with Gasteiger partial charge in [-0.2, -0.15) is 0 Å². The number of carbonyl (C=O) groups excluding carboxylic acids is 1. The molecule has 0 bridgehead atoms. The highest BCUT2D eigenvalue weighted by Crippen LogP contribution is 2.17. The van der Waals surface area contributed by atoms with Crippen LogP contribution >= 0.6 is 34.7 Å². The van der Waals surface area contributed by atoms with Gasteiger partial charge in [-0.15, -0.1) is 16.4 Å². The Kier molecular flexibility index (Phi) is 5.21. The molecule has 1 N–H and O–H groups in total. The molecule has 0 spiro atoms. The molecule has 0 aliphatic rings. The fourth-order valence-electron chi connectivity index (χ4n) is 1.71. The third-order valence-corrected chi connectivity index (χ3v) is 4.75. The minimum atomic E-state index is -0.185. The van der Waals surface area contributed by atoms with E-state index in [2.05, 4.69) is 25.8 Å². The number of halogens is 1. The van der Waals surface area contributed by atoms with Crippen molar-refractivity contribution >= 4 is 46.4 Å². The van der Waals surface area contributed by atoms with E-state index in [0.29, 0.717) is 22.5 Å². The first-order valence-corrected chi connectivity index (χ1v) is 8.78. The normalized spacial score (nSPS) is 10.7. The van der Waals surface area contributed by atoms with Crippen LogP contribution in [-0.4, -0.2) is 36.9 Å². The molecule has 0 unspecified atom stereocenters. The Labute approximate surface area is 145 Å². The van der Waals surface area contributed by atoms with E-state index in [4.69, 9.17) is 11.6 Å². The lowest BCUT2D eigenvalue weighted by Crippen LogP contribution is -2.15. The van der Waals surface area contributed by atoms with Crippen molar-refractivity contribution in [2.75, 3.05) is 11.1 Å². The second-order valence-corrected chi connectivity index (χ2v) is 6.81. The SMILES string of the molecule is O=C(CSc1nnnn1Cc1cccs1)Nc1ccc(Cl)cn1. The van der Waals surface area contributed by atoms with Crippen LogP contribution < -0.4 is 5.32 Å². The van der Waals surface area contributed by atoms with Gasteiger partial charge in [0.25, 0.3) is 0 Å². The lowest BCUT2D eigenvalue weighted by Gasteiger charge is -2.04. The molecule has 23 heavy (non-hydrogen) atoms. The number of pyridine rings is 1. The lowest BCUT2D eigenvalue weighted by molar-refractivity contribution is -0.113. The van der Waals surface area contributed by atoms with Crippen molar-refractivity contribution in [2.45, 2.75) is 11.7 Å². The highest BCUT2D eigenvalue weighted by Gasteiger charge is 2.11. The molecule has 0 aromatic carbocycles. The van der Waals surface area contributed by atoms with Crippen LogP contribution in [0.15, 0.2) is 41.0 Å². The molecule has 0 aliphatic carbocycles. The van der Waals surface area contributed by atoms with Crippen molar-refractivity contribution in [3.05, 3.63) is 45.7 Å². The van der Waals surface area contributed by atoms with Gasteiger partial charge in [0.15, 0.2) is 0 Å². The second-order valence-electron chi connectivity index (χ2n) is 4.40. The number of amides is 1. The van der Waals surface area contributed by atoms with E-state index in [1.54, 1.807) is 28.2 Å². The minimum absolute atomic E-state index is 0.185. The maximum atomic E-state index is 11.9. The molecule has 3 aromatic heterocycles. The summed E-state index contributed by atoms with van der Waals surface area (Å²) in [5.41, 5.74) is 0. The number of thioether (sulfide) groups is 1. The van der Waals surface area contributed by atoms with Gasteiger partial charge in [-0.1, -0.05) is 29.4 Å². The van der Waals surface area contributed by atoms with Crippen LogP contribution in [0.3, 0.4) is 0 Å². The number of nitrogens with zero attached hydrogens (tertiary/aromatic N) is 5. The maximum Gasteiger partial charge on any atom is 0.236 e. The number of nitrogens with one attached hydrogen (secondary N) is 1. The first-order chi connectivity index (χ1) is 11.2. The van der Waals surface area contributed by atoms with Crippen LogP contribution in [0.5, 0.6) is 0 Å². The van der Waals surface area contributed by atoms with Gasteiger partial charge in [0.05, 0.1) is 17.3 Å². The highest BCUT2D eigenvalue weighted by molar-refractivity contribution is 7.99. The van der Waals surface area contributed by atoms with Crippen molar-refractivity contribution < 1.29 is 4.79 Å². The summed E-state index contributed by atoms with van der Waals surface area (Å²) in [7, 11) is 0. The molecule has 0 radical (unpaired) electrons. The van der Waals surface area contributed by atoms with Gasteiger partial charge in [0, 0.05) is 11.1 Å². The Hall–Kier alpha value is -1.97. The summed E-state index contributed by atoms with van der Waals surface area (Å²) in [6, 6.07) is 7.30. The number of aromatic nitrogens is 5. The number of hydrogen-bond acceptors (Lipinski definition) is 7. The Morgan fingerprint density at radius 2 is 2.30 bits per heavy atom. The van der Waals surface area contributed by atoms with E-state index in [9.17, 15) is 4.79 Å². The molecule has 3 heterocycles. The molecule has 1 amide bonds. The second kappa shape index (κ2) is 7.53. The summed E-state index contributed by atoms with van der Waals surface area (Å²) >= 11 is 8.65. The van der Waals surface area contributed by atoms with E-state index in [1.165, 1.54) is 18.0 Å². The predicted octanol–water partition coefficient (Wildman–Crippen LogP) is 2.56. The number of thiophene rings is 1. The van der Waals surface area contributed by atoms with E-state index < -0.39 is 0 Å². The fraction of sp³-hybridized carbons (Fsp3) is 0.154. The summed E-state index contributed by atoms with van der Waals surface area (Å²) in [5.74, 6) is 0.462. The molecule has 0 saturated carbocycles. The predicted molar refractivity (Wildman–Crippen MR) is 89.8 cm³/mol. The van der Waals surface area contributed by atoms with Crippen molar-refractivity contribution in [3.8, 4) is 0 Å². The average molecular weight is 367 g/mol. The van der Waals surface area contributed by atoms with Gasteiger partial charge in [0.1, 0.15) is 5.82 Å². The standard InChI is InChI=1S/C13H11ClN6OS2/c14-9-3-4-11(15-6-9)16-12(21)8-23-13-17-18-19-20(13)7-10-2-1-5-22-10/h1-6H,7-8H2,(H,15,16,21). The molecular weight excluding hydrogens is 356 g/mol. The van der Waals surface area contributed by atoms with Gasteiger partial charge >= 0.3 is 0 Å². The molecule has 10 heteroatoms. The number of carbonyl (C=O) groups is 1. The molecule has 0 saturated heterocycles. The highest BCUT2D eigenvalue weighted by atomic mass is 35.5. The number of hydrogen-bond donors (Lipinski definition) is 1. The molecule has 118 valence electrons. The van der Waals surface area contributed by atoms with Gasteiger partial charge < -0.3 is 5.32 Å². The minimum Gasteiger partial charge on any atom is -0.310 e. The van der Waals surface area contributed by atoms with E-state index in [0.717, 1.165) is 4.88 Å². The third-order valence-electron chi connectivity index (χ3n) is 2.71. The van der Waals surface area contributed by atoms with Crippen LogP contribution in [-0.2, 0) is 11.3 Å². The van der Waals surface area contributed by atoms with Crippen molar-refractivity contribution in [1.82, 2.24) is 25.2 Å². The van der Waals surface area contributed by atoms with Gasteiger partial charge in [-0.05, 0) is 34.0 Å². The molecule has 7 nitrogen and oxygen atoms in total. The Morgan fingerprint density at radius 1 is 1.39 bits per heavy atom. The molecular formula is C13H11ClN6OS2. The lowest BCUT2D eigenvalue weighted by atomic mass is 10.4. The average Bonchev–Trinajstić information content (AvgIpc) is 3.20. The fourth-order valence-corrected chi connectivity index (χ4v) is 3.18. The number of anilines is 1. The van der Waals surface area contributed by atoms with Crippen molar-refractivity contribution in [2.24, 2.45) is 0 Å². The van der Waals surface area contributed by atoms with Crippen LogP contribution in [0, 0.1) is 0 Å². The topological polar surface area (TPSA) is 85.6 Å². The summed E-state index contributed by atoms with van der Waals surface area (Å²) in [4.78, 5) is 17.1. The van der Waals surface area contributed by atoms with Crippen molar-refractivity contribution in [1.29, 1.82) is 0 Å². The first kappa shape index (κ1) is 15.9. The van der Waals surface area contributed by atoms with Crippen LogP contribution in [0.4, 0.5) is 5.82 Å².